The van der Waals surface area contributed by atoms with Crippen LogP contribution in [-0.2, 0) is 0 Å². The molecule has 0 heterocycles. The first-order valence-electron chi connectivity index (χ1n) is 1.67. The third-order valence-corrected chi connectivity index (χ3v) is 0.362. The van der Waals surface area contributed by atoms with Crippen molar-refractivity contribution in [3.63, 3.8) is 0 Å². The van der Waals surface area contributed by atoms with Crippen LogP contribution in [0.4, 0.5) is 0 Å². The molecule has 0 aromatic heterocycles. The fraction of sp³-hybridized carbons (Fsp3) is 1.00. The lowest BCUT2D eigenvalue weighted by molar-refractivity contribution is 0.296. The van der Waals surface area contributed by atoms with E-state index in [0.29, 0.717) is 6.54 Å². The van der Waals surface area contributed by atoms with E-state index >= 15 is 0 Å². The van der Waals surface area contributed by atoms with Gasteiger partial charge in [0.1, 0.15) is 0 Å². The van der Waals surface area contributed by atoms with Gasteiger partial charge >= 0.3 is 0 Å². The molecule has 0 aromatic rings. The number of aliphatic hydroxyl groups excluding tert-OH is 1. The van der Waals surface area contributed by atoms with Crippen molar-refractivity contribution in [1.29, 1.82) is 0 Å². The van der Waals surface area contributed by atoms with Gasteiger partial charge < -0.3 is 10.4 Å². The summed E-state index contributed by atoms with van der Waals surface area (Å²) in [5.74, 6) is 0. The first-order valence-corrected chi connectivity index (χ1v) is 1.67. The summed E-state index contributed by atoms with van der Waals surface area (Å²) in [6.07, 6.45) is 0. The number of aliphatic hydroxyl groups is 1. The largest absolute Gasteiger partial charge is 0.395 e. The Bertz CT molecular complexity index is 15.0. The zero-order valence-corrected chi connectivity index (χ0v) is 3.36. The molecule has 0 radical (unpaired) electrons. The summed E-state index contributed by atoms with van der Waals surface area (Å²) in [4.78, 5) is 0. The lowest BCUT2D eigenvalue weighted by Crippen LogP contribution is -2.10. The maximum Gasteiger partial charge on any atom is 0.0555 e. The van der Waals surface area contributed by atoms with Gasteiger partial charge in [0, 0.05) is 6.54 Å². The average Bonchev–Trinajstić information content (AvgIpc) is 1.41. The Morgan fingerprint density at radius 2 is 2.17 bits per heavy atom. The standard InChI is InChI=1S/C3H9NO.CH4/c1-4-2-3-5;/h4-5H,2-3H2,1H3;1H4. The number of likely N-dealkylation sites (N-methyl/N-ethyl adjacent to an activating group) is 1. The van der Waals surface area contributed by atoms with Crippen LogP contribution in [0.5, 0.6) is 0 Å². The second kappa shape index (κ2) is 8.87. The lowest BCUT2D eigenvalue weighted by atomic mass is 10.7. The molecule has 0 aliphatic heterocycles. The van der Waals surface area contributed by atoms with Crippen molar-refractivity contribution >= 4 is 0 Å². The highest BCUT2D eigenvalue weighted by Gasteiger charge is 1.65. The molecule has 0 atom stereocenters. The van der Waals surface area contributed by atoms with Gasteiger partial charge in [0.2, 0.25) is 0 Å². The van der Waals surface area contributed by atoms with Crippen LogP contribution in [0.15, 0.2) is 0 Å². The zero-order chi connectivity index (χ0) is 4.12. The van der Waals surface area contributed by atoms with Crippen LogP contribution >= 0.6 is 0 Å². The van der Waals surface area contributed by atoms with E-state index in [4.69, 9.17) is 5.11 Å². The molecule has 0 saturated heterocycles. The Morgan fingerprint density at radius 1 is 1.67 bits per heavy atom. The number of nitrogens with one attached hydrogen (secondary N) is 1. The van der Waals surface area contributed by atoms with E-state index < -0.39 is 0 Å². The third-order valence-electron chi connectivity index (χ3n) is 0.362. The molecule has 0 unspecified atom stereocenters. The summed E-state index contributed by atoms with van der Waals surface area (Å²) in [5.41, 5.74) is 0. The van der Waals surface area contributed by atoms with Crippen LogP contribution in [0.25, 0.3) is 0 Å². The molecule has 0 saturated carbocycles. The van der Waals surface area contributed by atoms with Gasteiger partial charge in [-0.1, -0.05) is 7.43 Å². The first-order chi connectivity index (χ1) is 2.41. The molecule has 0 aliphatic carbocycles. The second-order valence-corrected chi connectivity index (χ2v) is 0.827. The molecule has 6 heavy (non-hydrogen) atoms. The summed E-state index contributed by atoms with van der Waals surface area (Å²) in [6, 6.07) is 0. The molecule has 0 bridgehead atoms. The maximum absolute atomic E-state index is 8.00. The quantitative estimate of drug-likeness (QED) is 0.494. The zero-order valence-electron chi connectivity index (χ0n) is 3.36. The van der Waals surface area contributed by atoms with E-state index in [9.17, 15) is 0 Å². The summed E-state index contributed by atoms with van der Waals surface area (Å²) < 4.78 is 0. The monoisotopic (exact) mass is 91.1 g/mol. The van der Waals surface area contributed by atoms with Crippen LogP contribution in [0, 0.1) is 0 Å². The lowest BCUT2D eigenvalue weighted by Gasteiger charge is -1.84. The van der Waals surface area contributed by atoms with Crippen molar-refractivity contribution in [2.75, 3.05) is 20.2 Å². The number of rotatable bonds is 2. The Balaban J connectivity index is 0. The van der Waals surface area contributed by atoms with Gasteiger partial charge in [0.05, 0.1) is 6.61 Å². The second-order valence-electron chi connectivity index (χ2n) is 0.827. The van der Waals surface area contributed by atoms with Crippen LogP contribution in [0.1, 0.15) is 7.43 Å². The SMILES string of the molecule is C.CNCCO. The summed E-state index contributed by atoms with van der Waals surface area (Å²) >= 11 is 0. The summed E-state index contributed by atoms with van der Waals surface area (Å²) in [6.45, 7) is 0.927. The maximum atomic E-state index is 8.00. The minimum Gasteiger partial charge on any atom is -0.395 e. The van der Waals surface area contributed by atoms with Crippen LogP contribution in [-0.4, -0.2) is 25.3 Å². The molecule has 0 aliphatic rings. The third kappa shape index (κ3) is 9.07. The fourth-order valence-electron chi connectivity index (χ4n) is 0.112. The van der Waals surface area contributed by atoms with Crippen molar-refractivity contribution in [3.05, 3.63) is 0 Å². The van der Waals surface area contributed by atoms with Crippen molar-refractivity contribution in [1.82, 2.24) is 5.32 Å². The van der Waals surface area contributed by atoms with Crippen LogP contribution < -0.4 is 5.32 Å². The Kier molecular flexibility index (Phi) is 13.8. The molecule has 0 spiro atoms. The highest BCUT2D eigenvalue weighted by Crippen LogP contribution is 1.42. The molecule has 0 rings (SSSR count). The van der Waals surface area contributed by atoms with Gasteiger partial charge in [0.25, 0.3) is 0 Å². The predicted molar refractivity (Wildman–Crippen MR) is 27.7 cm³/mol. The Hall–Kier alpha value is -0.0800. The molecular weight excluding hydrogens is 78.0 g/mol. The first kappa shape index (κ1) is 9.33. The Labute approximate surface area is 39.2 Å². The molecule has 2 heteroatoms. The minimum absolute atomic E-state index is 0. The highest BCUT2D eigenvalue weighted by atomic mass is 16.3. The van der Waals surface area contributed by atoms with Crippen molar-refractivity contribution in [2.45, 2.75) is 7.43 Å². The molecule has 40 valence electrons. The van der Waals surface area contributed by atoms with Gasteiger partial charge in [-0.2, -0.15) is 0 Å². The van der Waals surface area contributed by atoms with E-state index in [1.165, 1.54) is 0 Å². The normalized spacial score (nSPS) is 7.00. The van der Waals surface area contributed by atoms with Crippen LogP contribution in [0.2, 0.25) is 0 Å². The number of hydrogen-bond acceptors (Lipinski definition) is 2. The molecular formula is C4H13NO. The van der Waals surface area contributed by atoms with Crippen molar-refractivity contribution < 1.29 is 5.11 Å². The van der Waals surface area contributed by atoms with Crippen molar-refractivity contribution in [2.24, 2.45) is 0 Å². The highest BCUT2D eigenvalue weighted by molar-refractivity contribution is 4.27. The predicted octanol–water partition coefficient (Wildman–Crippen LogP) is -0.166. The van der Waals surface area contributed by atoms with Gasteiger partial charge in [-0.25, -0.2) is 0 Å². The van der Waals surface area contributed by atoms with Gasteiger partial charge in [-0.05, 0) is 7.05 Å². The molecule has 0 aromatic carbocycles. The van der Waals surface area contributed by atoms with Crippen molar-refractivity contribution in [3.8, 4) is 0 Å². The van der Waals surface area contributed by atoms with E-state index in [0.717, 1.165) is 0 Å². The van der Waals surface area contributed by atoms with E-state index in [2.05, 4.69) is 5.32 Å². The minimum atomic E-state index is 0. The van der Waals surface area contributed by atoms with Crippen LogP contribution in [0.3, 0.4) is 0 Å². The van der Waals surface area contributed by atoms with Gasteiger partial charge in [0.15, 0.2) is 0 Å². The van der Waals surface area contributed by atoms with Gasteiger partial charge in [-0.3, -0.25) is 0 Å². The van der Waals surface area contributed by atoms with E-state index in [1.54, 1.807) is 7.05 Å². The smallest absolute Gasteiger partial charge is 0.0555 e. The Morgan fingerprint density at radius 3 is 2.17 bits per heavy atom. The summed E-state index contributed by atoms with van der Waals surface area (Å²) in [5, 5.41) is 10.8. The molecule has 0 amide bonds. The van der Waals surface area contributed by atoms with E-state index in [-0.39, 0.29) is 14.0 Å². The molecule has 2 N–H and O–H groups in total. The molecule has 2 nitrogen and oxygen atoms in total. The number of hydrogen-bond donors (Lipinski definition) is 2. The summed E-state index contributed by atoms with van der Waals surface area (Å²) in [7, 11) is 1.80. The van der Waals surface area contributed by atoms with E-state index in [1.807, 2.05) is 0 Å². The molecule has 0 fully saturated rings. The van der Waals surface area contributed by atoms with Gasteiger partial charge in [-0.15, -0.1) is 0 Å². The average molecular weight is 91.2 g/mol. The topological polar surface area (TPSA) is 32.3 Å². The fourth-order valence-corrected chi connectivity index (χ4v) is 0.112.